The number of nitrogens with zero attached hydrogens (tertiary/aromatic N) is 3. The van der Waals surface area contributed by atoms with Gasteiger partial charge in [-0.05, 0) is 13.0 Å². The van der Waals surface area contributed by atoms with E-state index in [0.717, 1.165) is 32.7 Å². The zero-order valence-electron chi connectivity index (χ0n) is 18.2. The topological polar surface area (TPSA) is 87.7 Å². The molecule has 2 N–H and O–H groups in total. The molecule has 0 atom stereocenters. The van der Waals surface area contributed by atoms with Crippen molar-refractivity contribution in [1.29, 1.82) is 0 Å². The lowest BCUT2D eigenvalue weighted by Crippen LogP contribution is -2.50. The minimum absolute atomic E-state index is 0. The number of benzene rings is 1. The summed E-state index contributed by atoms with van der Waals surface area (Å²) < 4.78 is 40.8. The number of fused-ring (bicyclic) bond motifs is 1. The van der Waals surface area contributed by atoms with Crippen molar-refractivity contribution in [3.8, 4) is 17.2 Å². The van der Waals surface area contributed by atoms with E-state index in [9.17, 15) is 13.6 Å². The van der Waals surface area contributed by atoms with Crippen LogP contribution in [0.1, 0.15) is 19.4 Å². The number of ether oxygens (including phenoxy) is 3. The second-order valence-corrected chi connectivity index (χ2v) is 7.16. The van der Waals surface area contributed by atoms with Crippen LogP contribution >= 0.6 is 24.0 Å². The van der Waals surface area contributed by atoms with Crippen molar-refractivity contribution in [2.24, 2.45) is 4.99 Å². The van der Waals surface area contributed by atoms with Gasteiger partial charge in [0.2, 0.25) is 12.7 Å². The summed E-state index contributed by atoms with van der Waals surface area (Å²) in [5, 5.41) is 6.40. The molecule has 0 aliphatic carbocycles. The smallest absolute Gasteiger partial charge is 0.387 e. The number of amides is 1. The molecule has 1 amide bonds. The number of rotatable bonds is 8. The van der Waals surface area contributed by atoms with Crippen LogP contribution in [0.4, 0.5) is 8.78 Å². The monoisotopic (exact) mass is 569 g/mol. The Morgan fingerprint density at radius 3 is 2.50 bits per heavy atom. The largest absolute Gasteiger partial charge is 0.454 e. The van der Waals surface area contributed by atoms with Crippen molar-refractivity contribution in [1.82, 2.24) is 20.4 Å². The van der Waals surface area contributed by atoms with Gasteiger partial charge < -0.3 is 29.7 Å². The molecule has 2 aliphatic rings. The fraction of sp³-hybridized carbons (Fsp3) is 0.600. The van der Waals surface area contributed by atoms with Crippen molar-refractivity contribution in [2.45, 2.75) is 27.0 Å². The molecule has 2 aliphatic heterocycles. The van der Waals surface area contributed by atoms with Gasteiger partial charge in [0.15, 0.2) is 17.5 Å². The molecule has 1 fully saturated rings. The third-order valence-corrected chi connectivity index (χ3v) is 5.06. The highest BCUT2D eigenvalue weighted by atomic mass is 127. The Morgan fingerprint density at radius 1 is 1.19 bits per heavy atom. The van der Waals surface area contributed by atoms with Crippen molar-refractivity contribution in [2.75, 3.05) is 52.6 Å². The average molecular weight is 569 g/mol. The second kappa shape index (κ2) is 12.8. The standard InChI is InChI=1S/C20H29F2N5O4.HI/c1-3-23-20(24-4-5-26-6-8-27(9-7-26)14(2)28)25-12-15-10-17-18(30-13-29-17)11-16(15)31-19(21)22;/h10-11,19H,3-9,12-13H2,1-2H3,(H2,23,24,25);1H. The molecule has 0 aromatic heterocycles. The first-order valence-electron chi connectivity index (χ1n) is 10.3. The van der Waals surface area contributed by atoms with Crippen LogP contribution in [-0.4, -0.2) is 80.9 Å². The normalized spacial score (nSPS) is 16.0. The number of aliphatic imine (C=N–C) groups is 1. The summed E-state index contributed by atoms with van der Waals surface area (Å²) in [4.78, 5) is 20.0. The number of halogens is 3. The number of guanidine groups is 1. The third-order valence-electron chi connectivity index (χ3n) is 5.06. The highest BCUT2D eigenvalue weighted by Gasteiger charge is 2.20. The molecule has 32 heavy (non-hydrogen) atoms. The predicted molar refractivity (Wildman–Crippen MR) is 126 cm³/mol. The molecule has 1 aromatic carbocycles. The summed E-state index contributed by atoms with van der Waals surface area (Å²) >= 11 is 0. The number of piperazine rings is 1. The summed E-state index contributed by atoms with van der Waals surface area (Å²) in [5.41, 5.74) is 0.474. The van der Waals surface area contributed by atoms with Crippen LogP contribution in [0.3, 0.4) is 0 Å². The molecule has 3 rings (SSSR count). The maximum Gasteiger partial charge on any atom is 0.387 e. The van der Waals surface area contributed by atoms with Gasteiger partial charge >= 0.3 is 6.61 Å². The Morgan fingerprint density at radius 2 is 1.88 bits per heavy atom. The van der Waals surface area contributed by atoms with Gasteiger partial charge in [-0.25, -0.2) is 4.99 Å². The zero-order chi connectivity index (χ0) is 22.2. The van der Waals surface area contributed by atoms with Gasteiger partial charge in [0, 0.05) is 64.4 Å². The quantitative estimate of drug-likeness (QED) is 0.281. The number of carbonyl (C=O) groups excluding carboxylic acids is 1. The Balaban J connectivity index is 0.00000363. The van der Waals surface area contributed by atoms with Crippen LogP contribution in [0.25, 0.3) is 0 Å². The minimum Gasteiger partial charge on any atom is -0.454 e. The summed E-state index contributed by atoms with van der Waals surface area (Å²) in [5.74, 6) is 1.55. The first-order chi connectivity index (χ1) is 15.0. The van der Waals surface area contributed by atoms with E-state index in [0.29, 0.717) is 36.1 Å². The van der Waals surface area contributed by atoms with E-state index in [1.807, 2.05) is 11.8 Å². The summed E-state index contributed by atoms with van der Waals surface area (Å²) in [6.45, 7) is 6.03. The van der Waals surface area contributed by atoms with E-state index in [1.165, 1.54) is 6.07 Å². The van der Waals surface area contributed by atoms with Crippen LogP contribution in [-0.2, 0) is 11.3 Å². The molecule has 0 radical (unpaired) electrons. The van der Waals surface area contributed by atoms with E-state index in [-0.39, 0.29) is 49.0 Å². The lowest BCUT2D eigenvalue weighted by molar-refractivity contribution is -0.130. The molecule has 9 nitrogen and oxygen atoms in total. The van der Waals surface area contributed by atoms with E-state index in [1.54, 1.807) is 13.0 Å². The van der Waals surface area contributed by atoms with Crippen molar-refractivity contribution in [3.63, 3.8) is 0 Å². The Hall–Kier alpha value is -2.09. The van der Waals surface area contributed by atoms with Crippen LogP contribution in [0, 0.1) is 0 Å². The van der Waals surface area contributed by atoms with Crippen LogP contribution in [0.15, 0.2) is 17.1 Å². The summed E-state index contributed by atoms with van der Waals surface area (Å²) in [6.07, 6.45) is 0. The van der Waals surface area contributed by atoms with Gasteiger partial charge in [-0.15, -0.1) is 24.0 Å². The Bertz CT molecular complexity index is 791. The molecule has 0 saturated carbocycles. The zero-order valence-corrected chi connectivity index (χ0v) is 20.6. The Kier molecular flexibility index (Phi) is 10.5. The SMILES string of the molecule is CCNC(=NCc1cc2c(cc1OC(F)F)OCO2)NCCN1CCN(C(C)=O)CC1.I. The van der Waals surface area contributed by atoms with Crippen LogP contribution < -0.4 is 24.8 Å². The fourth-order valence-electron chi connectivity index (χ4n) is 3.42. The van der Waals surface area contributed by atoms with Gasteiger partial charge in [0.05, 0.1) is 6.54 Å². The van der Waals surface area contributed by atoms with Crippen molar-refractivity contribution >= 4 is 35.8 Å². The maximum atomic E-state index is 12.8. The highest BCUT2D eigenvalue weighted by molar-refractivity contribution is 14.0. The molecular weight excluding hydrogens is 539 g/mol. The lowest BCUT2D eigenvalue weighted by atomic mass is 10.1. The van der Waals surface area contributed by atoms with E-state index in [4.69, 9.17) is 9.47 Å². The number of carbonyl (C=O) groups is 1. The van der Waals surface area contributed by atoms with E-state index < -0.39 is 6.61 Å². The van der Waals surface area contributed by atoms with Crippen molar-refractivity contribution in [3.05, 3.63) is 17.7 Å². The molecule has 1 saturated heterocycles. The predicted octanol–water partition coefficient (Wildman–Crippen LogP) is 1.85. The molecule has 0 spiro atoms. The van der Waals surface area contributed by atoms with Gasteiger partial charge in [0.25, 0.3) is 0 Å². The lowest BCUT2D eigenvalue weighted by Gasteiger charge is -2.34. The number of hydrogen-bond donors (Lipinski definition) is 2. The molecule has 180 valence electrons. The van der Waals surface area contributed by atoms with Crippen LogP contribution in [0.5, 0.6) is 17.2 Å². The third kappa shape index (κ3) is 7.50. The first kappa shape index (κ1) is 26.2. The molecule has 0 unspecified atom stereocenters. The van der Waals surface area contributed by atoms with Gasteiger partial charge in [-0.1, -0.05) is 0 Å². The molecule has 1 aromatic rings. The highest BCUT2D eigenvalue weighted by Crippen LogP contribution is 2.39. The van der Waals surface area contributed by atoms with Gasteiger partial charge in [-0.2, -0.15) is 8.78 Å². The van der Waals surface area contributed by atoms with Crippen LogP contribution in [0.2, 0.25) is 0 Å². The molecule has 12 heteroatoms. The van der Waals surface area contributed by atoms with E-state index >= 15 is 0 Å². The molecule has 2 heterocycles. The fourth-order valence-corrected chi connectivity index (χ4v) is 3.42. The van der Waals surface area contributed by atoms with Gasteiger partial charge in [-0.3, -0.25) is 9.69 Å². The molecular formula is C20H30F2IN5O4. The first-order valence-corrected chi connectivity index (χ1v) is 10.3. The number of alkyl halides is 2. The summed E-state index contributed by atoms with van der Waals surface area (Å²) in [6, 6.07) is 3.02. The van der Waals surface area contributed by atoms with E-state index in [2.05, 4.69) is 25.3 Å². The summed E-state index contributed by atoms with van der Waals surface area (Å²) in [7, 11) is 0. The maximum absolute atomic E-state index is 12.8. The number of hydrogen-bond acceptors (Lipinski definition) is 6. The van der Waals surface area contributed by atoms with Gasteiger partial charge in [0.1, 0.15) is 5.75 Å². The second-order valence-electron chi connectivity index (χ2n) is 7.16. The average Bonchev–Trinajstić information content (AvgIpc) is 3.19. The molecule has 0 bridgehead atoms. The Labute approximate surface area is 203 Å². The minimum atomic E-state index is -2.95. The number of nitrogens with one attached hydrogen (secondary N) is 2. The van der Waals surface area contributed by atoms with Crippen molar-refractivity contribution < 1.29 is 27.8 Å².